The highest BCUT2D eigenvalue weighted by Gasteiger charge is 2.22. The number of hydrogen-bond donors (Lipinski definition) is 1. The Morgan fingerprint density at radius 1 is 1.25 bits per heavy atom. The highest BCUT2D eigenvalue weighted by molar-refractivity contribution is 5.56. The van der Waals surface area contributed by atoms with Crippen molar-refractivity contribution in [3.8, 4) is 0 Å². The molecule has 1 aromatic carbocycles. The van der Waals surface area contributed by atoms with Gasteiger partial charge in [0, 0.05) is 18.3 Å². The van der Waals surface area contributed by atoms with Crippen molar-refractivity contribution in [2.24, 2.45) is 5.92 Å². The summed E-state index contributed by atoms with van der Waals surface area (Å²) in [5.41, 5.74) is 3.04. The van der Waals surface area contributed by atoms with Gasteiger partial charge in [-0.3, -0.25) is 0 Å². The van der Waals surface area contributed by atoms with Crippen LogP contribution in [0.15, 0.2) is 24.3 Å². The quantitative estimate of drug-likeness (QED) is 0.901. The van der Waals surface area contributed by atoms with E-state index in [1.165, 1.54) is 63.8 Å². The topological polar surface area (TPSA) is 15.3 Å². The normalized spacial score (nSPS) is 26.4. The summed E-state index contributed by atoms with van der Waals surface area (Å²) in [5.74, 6) is 0.916. The summed E-state index contributed by atoms with van der Waals surface area (Å²) < 4.78 is 0. The number of piperidine rings is 1. The van der Waals surface area contributed by atoms with Crippen LogP contribution < -0.4 is 10.2 Å². The number of nitrogens with one attached hydrogen (secondary N) is 1. The Morgan fingerprint density at radius 2 is 2.15 bits per heavy atom. The van der Waals surface area contributed by atoms with Crippen LogP contribution in [-0.2, 0) is 6.42 Å². The van der Waals surface area contributed by atoms with Gasteiger partial charge in [-0.1, -0.05) is 18.2 Å². The van der Waals surface area contributed by atoms with Gasteiger partial charge in [0.1, 0.15) is 0 Å². The summed E-state index contributed by atoms with van der Waals surface area (Å²) in [4.78, 5) is 2.65. The molecule has 0 radical (unpaired) electrons. The molecule has 20 heavy (non-hydrogen) atoms. The van der Waals surface area contributed by atoms with Crippen molar-refractivity contribution in [1.82, 2.24) is 5.32 Å². The average molecular weight is 272 g/mol. The fourth-order valence-electron chi connectivity index (χ4n) is 3.82. The second-order valence-electron chi connectivity index (χ2n) is 6.56. The molecule has 1 N–H and O–H groups in total. The molecule has 2 atom stereocenters. The molecule has 2 heterocycles. The zero-order valence-corrected chi connectivity index (χ0v) is 12.8. The highest BCUT2D eigenvalue weighted by Crippen LogP contribution is 2.30. The van der Waals surface area contributed by atoms with E-state index in [4.69, 9.17) is 0 Å². The largest absolute Gasteiger partial charge is 0.369 e. The number of fused-ring (bicyclic) bond motifs is 1. The van der Waals surface area contributed by atoms with E-state index in [-0.39, 0.29) is 0 Å². The molecule has 2 aliphatic heterocycles. The summed E-state index contributed by atoms with van der Waals surface area (Å²) in [7, 11) is 0. The molecule has 0 aromatic heterocycles. The molecule has 2 heteroatoms. The molecule has 110 valence electrons. The third kappa shape index (κ3) is 3.17. The number of benzene rings is 1. The molecule has 0 spiro atoms. The summed E-state index contributed by atoms with van der Waals surface area (Å²) in [6.07, 6.45) is 8.08. The van der Waals surface area contributed by atoms with Crippen LogP contribution in [0.2, 0.25) is 0 Å². The van der Waals surface area contributed by atoms with E-state index in [9.17, 15) is 0 Å². The molecular formula is C18H28N2. The standard InChI is InChI=1S/C18H28N2/c1-15-10-11-17-8-2-3-9-18(17)20(15)13-5-7-16-6-4-12-19-14-16/h2-3,8-9,15-16,19H,4-7,10-14H2,1H3. The molecule has 1 saturated heterocycles. The first-order chi connectivity index (χ1) is 9.84. The van der Waals surface area contributed by atoms with Crippen LogP contribution in [0.25, 0.3) is 0 Å². The van der Waals surface area contributed by atoms with Crippen molar-refractivity contribution in [2.75, 3.05) is 24.5 Å². The van der Waals surface area contributed by atoms with Crippen LogP contribution in [0.5, 0.6) is 0 Å². The maximum absolute atomic E-state index is 3.53. The lowest BCUT2D eigenvalue weighted by Crippen LogP contribution is -2.38. The van der Waals surface area contributed by atoms with Crippen LogP contribution in [0.1, 0.15) is 44.6 Å². The van der Waals surface area contributed by atoms with Gasteiger partial charge in [-0.15, -0.1) is 0 Å². The second-order valence-corrected chi connectivity index (χ2v) is 6.56. The molecule has 3 rings (SSSR count). The van der Waals surface area contributed by atoms with Gasteiger partial charge in [0.05, 0.1) is 0 Å². The van der Waals surface area contributed by atoms with Gasteiger partial charge in [-0.25, -0.2) is 0 Å². The van der Waals surface area contributed by atoms with Gasteiger partial charge in [-0.2, -0.15) is 0 Å². The summed E-state index contributed by atoms with van der Waals surface area (Å²) in [6, 6.07) is 9.69. The molecule has 0 saturated carbocycles. The minimum atomic E-state index is 0.703. The minimum absolute atomic E-state index is 0.703. The monoisotopic (exact) mass is 272 g/mol. The van der Waals surface area contributed by atoms with E-state index in [0.29, 0.717) is 6.04 Å². The first-order valence-electron chi connectivity index (χ1n) is 8.40. The van der Waals surface area contributed by atoms with Crippen molar-refractivity contribution in [3.05, 3.63) is 29.8 Å². The van der Waals surface area contributed by atoms with Crippen molar-refractivity contribution < 1.29 is 0 Å². The van der Waals surface area contributed by atoms with Crippen LogP contribution in [0.4, 0.5) is 5.69 Å². The first kappa shape index (κ1) is 13.9. The molecule has 2 unspecified atom stereocenters. The number of nitrogens with zero attached hydrogens (tertiary/aromatic N) is 1. The average Bonchev–Trinajstić information content (AvgIpc) is 2.50. The van der Waals surface area contributed by atoms with Gasteiger partial charge in [0.2, 0.25) is 0 Å². The number of anilines is 1. The van der Waals surface area contributed by atoms with Gasteiger partial charge < -0.3 is 10.2 Å². The molecule has 0 amide bonds. The molecule has 1 aromatic rings. The van der Waals surface area contributed by atoms with E-state index in [0.717, 1.165) is 5.92 Å². The second kappa shape index (κ2) is 6.62. The molecule has 0 bridgehead atoms. The smallest absolute Gasteiger partial charge is 0.0401 e. The van der Waals surface area contributed by atoms with Crippen molar-refractivity contribution in [3.63, 3.8) is 0 Å². The highest BCUT2D eigenvalue weighted by atomic mass is 15.2. The maximum Gasteiger partial charge on any atom is 0.0401 e. The van der Waals surface area contributed by atoms with E-state index < -0.39 is 0 Å². The van der Waals surface area contributed by atoms with E-state index in [1.54, 1.807) is 5.56 Å². The third-order valence-electron chi connectivity index (χ3n) is 5.07. The van der Waals surface area contributed by atoms with Gasteiger partial charge in [0.25, 0.3) is 0 Å². The van der Waals surface area contributed by atoms with Crippen molar-refractivity contribution >= 4 is 5.69 Å². The Labute approximate surface area is 123 Å². The number of hydrogen-bond acceptors (Lipinski definition) is 2. The predicted molar refractivity (Wildman–Crippen MR) is 86.4 cm³/mol. The first-order valence-corrected chi connectivity index (χ1v) is 8.40. The zero-order chi connectivity index (χ0) is 13.8. The number of aryl methyl sites for hydroxylation is 1. The van der Waals surface area contributed by atoms with Crippen molar-refractivity contribution in [1.29, 1.82) is 0 Å². The van der Waals surface area contributed by atoms with Crippen molar-refractivity contribution in [2.45, 2.75) is 51.5 Å². The van der Waals surface area contributed by atoms with Crippen LogP contribution in [0, 0.1) is 5.92 Å². The lowest BCUT2D eigenvalue weighted by Gasteiger charge is -2.37. The third-order valence-corrected chi connectivity index (χ3v) is 5.07. The zero-order valence-electron chi connectivity index (χ0n) is 12.8. The Balaban J connectivity index is 1.56. The fourth-order valence-corrected chi connectivity index (χ4v) is 3.82. The van der Waals surface area contributed by atoms with Gasteiger partial charge >= 0.3 is 0 Å². The molecule has 0 aliphatic carbocycles. The Kier molecular flexibility index (Phi) is 4.62. The molecule has 2 aliphatic rings. The van der Waals surface area contributed by atoms with Gasteiger partial charge in [-0.05, 0) is 76.1 Å². The lowest BCUT2D eigenvalue weighted by molar-refractivity contribution is 0.349. The van der Waals surface area contributed by atoms with Crippen LogP contribution in [-0.4, -0.2) is 25.7 Å². The predicted octanol–water partition coefficient (Wildman–Crippen LogP) is 3.61. The van der Waals surface area contributed by atoms with Crippen LogP contribution in [0.3, 0.4) is 0 Å². The minimum Gasteiger partial charge on any atom is -0.369 e. The summed E-state index contributed by atoms with van der Waals surface area (Å²) in [5, 5.41) is 3.53. The van der Waals surface area contributed by atoms with E-state index in [1.807, 2.05) is 0 Å². The Hall–Kier alpha value is -1.02. The number of para-hydroxylation sites is 1. The SMILES string of the molecule is CC1CCc2ccccc2N1CCCC1CCCNC1. The Bertz CT molecular complexity index is 423. The maximum atomic E-state index is 3.53. The molecular weight excluding hydrogens is 244 g/mol. The summed E-state index contributed by atoms with van der Waals surface area (Å²) >= 11 is 0. The number of rotatable bonds is 4. The molecule has 1 fully saturated rings. The van der Waals surface area contributed by atoms with E-state index in [2.05, 4.69) is 41.4 Å². The van der Waals surface area contributed by atoms with Crippen LogP contribution >= 0.6 is 0 Å². The summed E-state index contributed by atoms with van der Waals surface area (Å²) in [6.45, 7) is 6.09. The van der Waals surface area contributed by atoms with Gasteiger partial charge in [0.15, 0.2) is 0 Å². The Morgan fingerprint density at radius 3 is 3.00 bits per heavy atom. The molecule has 2 nitrogen and oxygen atoms in total. The lowest BCUT2D eigenvalue weighted by atomic mass is 9.93. The van der Waals surface area contributed by atoms with E-state index >= 15 is 0 Å². The fraction of sp³-hybridized carbons (Fsp3) is 0.667.